The van der Waals surface area contributed by atoms with Crippen molar-refractivity contribution in [2.75, 3.05) is 4.90 Å². The van der Waals surface area contributed by atoms with Gasteiger partial charge in [-0.3, -0.25) is 4.98 Å². The monoisotopic (exact) mass is 478 g/mol. The Hall–Kier alpha value is -4.08. The first-order valence-corrected chi connectivity index (χ1v) is 11.4. The number of hydrogen-bond acceptors (Lipinski definition) is 7. The predicted molar refractivity (Wildman–Crippen MR) is 126 cm³/mol. The number of ether oxygens (including phenoxy) is 2. The number of alkyl halides is 2. The highest BCUT2D eigenvalue weighted by molar-refractivity contribution is 5.74. The molecule has 0 atom stereocenters. The van der Waals surface area contributed by atoms with E-state index in [2.05, 4.69) is 25.6 Å². The average Bonchev–Trinajstić information content (AvgIpc) is 3.59. The summed E-state index contributed by atoms with van der Waals surface area (Å²) in [6, 6.07) is 16.5. The summed E-state index contributed by atoms with van der Waals surface area (Å²) in [7, 11) is 0. The van der Waals surface area contributed by atoms with Crippen LogP contribution in [0.2, 0.25) is 0 Å². The Morgan fingerprint density at radius 2 is 1.86 bits per heavy atom. The molecule has 1 fully saturated rings. The summed E-state index contributed by atoms with van der Waals surface area (Å²) < 4.78 is 37.7. The Kier molecular flexibility index (Phi) is 6.78. The zero-order chi connectivity index (χ0) is 24.0. The Labute approximate surface area is 200 Å². The van der Waals surface area contributed by atoms with Crippen LogP contribution in [0.5, 0.6) is 11.5 Å². The van der Waals surface area contributed by atoms with E-state index in [4.69, 9.17) is 9.47 Å². The van der Waals surface area contributed by atoms with Gasteiger partial charge in [0.15, 0.2) is 11.5 Å². The summed E-state index contributed by atoms with van der Waals surface area (Å²) in [5, 5.41) is 14.1. The first kappa shape index (κ1) is 22.7. The summed E-state index contributed by atoms with van der Waals surface area (Å²) >= 11 is 0. The fourth-order valence-electron chi connectivity index (χ4n) is 4.26. The van der Waals surface area contributed by atoms with Gasteiger partial charge in [0.1, 0.15) is 0 Å². The maximum absolute atomic E-state index is 13.3. The number of nitrogens with zero attached hydrogens (tertiary/aromatic N) is 5. The minimum absolute atomic E-state index is 0.0176. The number of aromatic amines is 1. The number of hydrogen-bond donors (Lipinski definition) is 1. The minimum atomic E-state index is -2.96. The lowest BCUT2D eigenvalue weighted by Crippen LogP contribution is -2.20. The third-order valence-electron chi connectivity index (χ3n) is 5.90. The van der Waals surface area contributed by atoms with Crippen LogP contribution >= 0.6 is 0 Å². The largest absolute Gasteiger partial charge is 0.484 e. The van der Waals surface area contributed by atoms with Gasteiger partial charge in [0, 0.05) is 30.2 Å². The van der Waals surface area contributed by atoms with E-state index < -0.39 is 6.61 Å². The van der Waals surface area contributed by atoms with Crippen molar-refractivity contribution < 1.29 is 18.3 Å². The van der Waals surface area contributed by atoms with Gasteiger partial charge in [0.2, 0.25) is 5.82 Å². The molecule has 2 aromatic heterocycles. The molecule has 4 aromatic rings. The number of rotatable bonds is 9. The fourth-order valence-corrected chi connectivity index (χ4v) is 4.26. The SMILES string of the molecule is FC(F)Oc1cccc(N(Cc2cccnc2)c2ccc(-c3nn[nH]n3)cc2)c1OC1CCCC1. The second-order valence-electron chi connectivity index (χ2n) is 8.24. The molecule has 0 unspecified atom stereocenters. The van der Waals surface area contributed by atoms with Crippen molar-refractivity contribution in [3.63, 3.8) is 0 Å². The van der Waals surface area contributed by atoms with Crippen LogP contribution in [0.25, 0.3) is 11.4 Å². The van der Waals surface area contributed by atoms with E-state index in [1.165, 1.54) is 6.07 Å². The van der Waals surface area contributed by atoms with Crippen molar-refractivity contribution in [2.24, 2.45) is 0 Å². The first-order chi connectivity index (χ1) is 17.2. The van der Waals surface area contributed by atoms with Crippen molar-refractivity contribution in [3.05, 3.63) is 72.6 Å². The van der Waals surface area contributed by atoms with Gasteiger partial charge in [-0.25, -0.2) is 0 Å². The smallest absolute Gasteiger partial charge is 0.387 e. The number of H-pyrrole nitrogens is 1. The van der Waals surface area contributed by atoms with Crippen molar-refractivity contribution in [2.45, 2.75) is 44.9 Å². The Bertz CT molecular complexity index is 1220. The number of aromatic nitrogens is 5. The van der Waals surface area contributed by atoms with Crippen molar-refractivity contribution >= 4 is 11.4 Å². The van der Waals surface area contributed by atoms with Crippen molar-refractivity contribution in [3.8, 4) is 22.9 Å². The lowest BCUT2D eigenvalue weighted by Gasteiger charge is -2.29. The third kappa shape index (κ3) is 5.37. The van der Waals surface area contributed by atoms with Gasteiger partial charge in [-0.05, 0) is 78.9 Å². The molecule has 0 bridgehead atoms. The Morgan fingerprint density at radius 1 is 1.03 bits per heavy atom. The Balaban J connectivity index is 1.57. The summed E-state index contributed by atoms with van der Waals surface area (Å²) in [5.41, 5.74) is 3.19. The second kappa shape index (κ2) is 10.5. The van der Waals surface area contributed by atoms with E-state index >= 15 is 0 Å². The number of anilines is 2. The van der Waals surface area contributed by atoms with Crippen LogP contribution in [-0.2, 0) is 6.54 Å². The zero-order valence-electron chi connectivity index (χ0n) is 18.8. The lowest BCUT2D eigenvalue weighted by molar-refractivity contribution is -0.0519. The van der Waals surface area contributed by atoms with Gasteiger partial charge >= 0.3 is 6.61 Å². The number of tetrazole rings is 1. The van der Waals surface area contributed by atoms with Crippen LogP contribution in [0.3, 0.4) is 0 Å². The standard InChI is InChI=1S/C25H24F2N6O2/c26-25(27)35-22-9-3-8-21(23(22)34-20-6-1-2-7-20)33(16-17-5-4-14-28-15-17)19-12-10-18(11-13-19)24-29-31-32-30-24/h3-5,8-15,20,25H,1-2,6-7,16H2,(H,29,30,31,32). The lowest BCUT2D eigenvalue weighted by atomic mass is 10.1. The number of para-hydroxylation sites is 1. The third-order valence-corrected chi connectivity index (χ3v) is 5.90. The highest BCUT2D eigenvalue weighted by Crippen LogP contribution is 2.44. The van der Waals surface area contributed by atoms with Gasteiger partial charge in [-0.2, -0.15) is 14.0 Å². The van der Waals surface area contributed by atoms with Crippen LogP contribution in [-0.4, -0.2) is 38.3 Å². The predicted octanol–water partition coefficient (Wildman–Crippen LogP) is 5.52. The quantitative estimate of drug-likeness (QED) is 0.339. The molecule has 0 aliphatic heterocycles. The van der Waals surface area contributed by atoms with Gasteiger partial charge in [-0.1, -0.05) is 12.1 Å². The molecule has 0 saturated heterocycles. The molecule has 2 heterocycles. The van der Waals surface area contributed by atoms with E-state index in [-0.39, 0.29) is 11.9 Å². The molecule has 0 amide bonds. The highest BCUT2D eigenvalue weighted by Gasteiger charge is 2.25. The van der Waals surface area contributed by atoms with Crippen molar-refractivity contribution in [1.29, 1.82) is 0 Å². The normalized spacial score (nSPS) is 13.8. The molecule has 1 aliphatic rings. The maximum Gasteiger partial charge on any atom is 0.387 e. The summed E-state index contributed by atoms with van der Waals surface area (Å²) in [4.78, 5) is 6.23. The molecule has 8 nitrogen and oxygen atoms in total. The average molecular weight is 479 g/mol. The van der Waals surface area contributed by atoms with Gasteiger partial charge in [0.05, 0.1) is 11.8 Å². The molecular formula is C25H24F2N6O2. The summed E-state index contributed by atoms with van der Waals surface area (Å²) in [5.74, 6) is 0.808. The summed E-state index contributed by atoms with van der Waals surface area (Å²) in [6.45, 7) is -2.52. The molecular weight excluding hydrogens is 454 g/mol. The van der Waals surface area contributed by atoms with Gasteiger partial charge in [0.25, 0.3) is 0 Å². The van der Waals surface area contributed by atoms with Crippen molar-refractivity contribution in [1.82, 2.24) is 25.6 Å². The molecule has 5 rings (SSSR count). The molecule has 1 aliphatic carbocycles. The molecule has 180 valence electrons. The maximum atomic E-state index is 13.3. The Morgan fingerprint density at radius 3 is 2.54 bits per heavy atom. The number of pyridine rings is 1. The van der Waals surface area contributed by atoms with E-state index in [1.807, 2.05) is 47.4 Å². The fraction of sp³-hybridized carbons (Fsp3) is 0.280. The molecule has 10 heteroatoms. The zero-order valence-corrected chi connectivity index (χ0v) is 18.8. The van der Waals surface area contributed by atoms with E-state index in [1.54, 1.807) is 18.5 Å². The molecule has 0 radical (unpaired) electrons. The van der Waals surface area contributed by atoms with Crippen LogP contribution in [0.1, 0.15) is 31.2 Å². The number of nitrogens with one attached hydrogen (secondary N) is 1. The molecule has 2 aromatic carbocycles. The second-order valence-corrected chi connectivity index (χ2v) is 8.24. The molecule has 0 spiro atoms. The van der Waals surface area contributed by atoms with Crippen LogP contribution in [0, 0.1) is 0 Å². The number of halogens is 2. The van der Waals surface area contributed by atoms with E-state index in [9.17, 15) is 8.78 Å². The van der Waals surface area contributed by atoms with Crippen LogP contribution in [0.4, 0.5) is 20.2 Å². The van der Waals surface area contributed by atoms with E-state index in [0.29, 0.717) is 23.8 Å². The van der Waals surface area contributed by atoms with Crippen LogP contribution in [0.15, 0.2) is 67.0 Å². The topological polar surface area (TPSA) is 89.1 Å². The van der Waals surface area contributed by atoms with Gasteiger partial charge in [-0.15, -0.1) is 10.2 Å². The molecule has 1 N–H and O–H groups in total. The first-order valence-electron chi connectivity index (χ1n) is 11.4. The minimum Gasteiger partial charge on any atom is -0.484 e. The van der Waals surface area contributed by atoms with Crippen LogP contribution < -0.4 is 14.4 Å². The summed E-state index contributed by atoms with van der Waals surface area (Å²) in [6.07, 6.45) is 7.30. The highest BCUT2D eigenvalue weighted by atomic mass is 19.3. The molecule has 1 saturated carbocycles. The van der Waals surface area contributed by atoms with Gasteiger partial charge < -0.3 is 14.4 Å². The molecule has 35 heavy (non-hydrogen) atoms. The van der Waals surface area contributed by atoms with E-state index in [0.717, 1.165) is 42.5 Å². The number of benzene rings is 2.